The predicted molar refractivity (Wildman–Crippen MR) is 65.8 cm³/mol. The van der Waals surface area contributed by atoms with Crippen LogP contribution in [0, 0.1) is 0 Å². The third-order valence-electron chi connectivity index (χ3n) is 3.09. The number of carboxylic acid groups (broad SMARTS) is 1. The average Bonchev–Trinajstić information content (AvgIpc) is 2.92. The van der Waals surface area contributed by atoms with Gasteiger partial charge < -0.3 is 14.8 Å². The molecule has 0 aliphatic heterocycles. The smallest absolute Gasteiger partial charge is 0.336 e. The van der Waals surface area contributed by atoms with Gasteiger partial charge in [-0.3, -0.25) is 0 Å². The van der Waals surface area contributed by atoms with Gasteiger partial charge in [-0.15, -0.1) is 11.3 Å². The van der Waals surface area contributed by atoms with Gasteiger partial charge in [0, 0.05) is 6.04 Å². The van der Waals surface area contributed by atoms with Crippen LogP contribution in [0.25, 0.3) is 0 Å². The molecule has 1 aliphatic rings. The first kappa shape index (κ1) is 11.4. The standard InChI is InChI=1S/C12H12N2O3S/c15-10(11-8(12(16)17)3-4-18-11)9-5-13-6-14(9)7-1-2-7/h3-7,10,15H,1-2H2,(H,16,17). The minimum atomic E-state index is -1.01. The van der Waals surface area contributed by atoms with Crippen LogP contribution in [0.5, 0.6) is 0 Å². The van der Waals surface area contributed by atoms with Crippen LogP contribution >= 0.6 is 11.3 Å². The van der Waals surface area contributed by atoms with Crippen molar-refractivity contribution in [3.8, 4) is 0 Å². The molecule has 1 aliphatic carbocycles. The zero-order valence-electron chi connectivity index (χ0n) is 9.48. The van der Waals surface area contributed by atoms with Crippen molar-refractivity contribution in [3.05, 3.63) is 40.1 Å². The van der Waals surface area contributed by atoms with Crippen LogP contribution in [-0.4, -0.2) is 25.7 Å². The number of carboxylic acids is 1. The van der Waals surface area contributed by atoms with Crippen molar-refractivity contribution in [2.75, 3.05) is 0 Å². The van der Waals surface area contributed by atoms with Gasteiger partial charge in [-0.1, -0.05) is 0 Å². The molecule has 1 fully saturated rings. The fraction of sp³-hybridized carbons (Fsp3) is 0.333. The van der Waals surface area contributed by atoms with E-state index in [4.69, 9.17) is 5.11 Å². The number of hydrogen-bond donors (Lipinski definition) is 2. The van der Waals surface area contributed by atoms with Gasteiger partial charge >= 0.3 is 5.97 Å². The summed E-state index contributed by atoms with van der Waals surface area (Å²) in [5.74, 6) is -1.01. The van der Waals surface area contributed by atoms with Gasteiger partial charge in [0.15, 0.2) is 0 Å². The molecule has 0 spiro atoms. The summed E-state index contributed by atoms with van der Waals surface area (Å²) >= 11 is 1.25. The maximum absolute atomic E-state index is 11.1. The van der Waals surface area contributed by atoms with Gasteiger partial charge in [0.1, 0.15) is 6.10 Å². The number of rotatable bonds is 4. The quantitative estimate of drug-likeness (QED) is 0.886. The zero-order chi connectivity index (χ0) is 12.7. The van der Waals surface area contributed by atoms with Crippen molar-refractivity contribution in [1.82, 2.24) is 9.55 Å². The molecule has 1 unspecified atom stereocenters. The molecule has 0 amide bonds. The Morgan fingerprint density at radius 2 is 2.33 bits per heavy atom. The SMILES string of the molecule is O=C(O)c1ccsc1C(O)c1cncn1C1CC1. The van der Waals surface area contributed by atoms with E-state index in [1.54, 1.807) is 17.9 Å². The Balaban J connectivity index is 1.98. The van der Waals surface area contributed by atoms with E-state index in [-0.39, 0.29) is 5.56 Å². The number of thiophene rings is 1. The first-order valence-corrected chi connectivity index (χ1v) is 6.57. The summed E-state index contributed by atoms with van der Waals surface area (Å²) in [5.41, 5.74) is 0.832. The molecule has 1 saturated carbocycles. The van der Waals surface area contributed by atoms with Gasteiger partial charge in [0.05, 0.1) is 28.7 Å². The molecule has 2 heterocycles. The molecule has 0 aromatic carbocycles. The lowest BCUT2D eigenvalue weighted by Gasteiger charge is -2.12. The summed E-state index contributed by atoms with van der Waals surface area (Å²) in [7, 11) is 0. The van der Waals surface area contributed by atoms with Crippen LogP contribution in [0.3, 0.4) is 0 Å². The Kier molecular flexibility index (Phi) is 2.68. The van der Waals surface area contributed by atoms with Crippen molar-refractivity contribution >= 4 is 17.3 Å². The molecule has 0 bridgehead atoms. The van der Waals surface area contributed by atoms with Crippen molar-refractivity contribution in [2.24, 2.45) is 0 Å². The molecular weight excluding hydrogens is 252 g/mol. The van der Waals surface area contributed by atoms with Gasteiger partial charge in [-0.25, -0.2) is 9.78 Å². The first-order valence-electron chi connectivity index (χ1n) is 5.69. The molecule has 2 aromatic heterocycles. The largest absolute Gasteiger partial charge is 0.478 e. The Morgan fingerprint density at radius 3 is 3.00 bits per heavy atom. The maximum atomic E-state index is 11.1. The van der Waals surface area contributed by atoms with Crippen LogP contribution < -0.4 is 0 Å². The van der Waals surface area contributed by atoms with Crippen molar-refractivity contribution in [3.63, 3.8) is 0 Å². The highest BCUT2D eigenvalue weighted by Gasteiger charge is 2.29. The highest BCUT2D eigenvalue weighted by Crippen LogP contribution is 2.39. The molecule has 2 N–H and O–H groups in total. The summed E-state index contributed by atoms with van der Waals surface area (Å²) in [6.07, 6.45) is 4.57. The molecule has 6 heteroatoms. The number of aliphatic hydroxyl groups is 1. The Labute approximate surface area is 107 Å². The summed E-state index contributed by atoms with van der Waals surface area (Å²) in [6.45, 7) is 0. The summed E-state index contributed by atoms with van der Waals surface area (Å²) in [6, 6.07) is 1.93. The van der Waals surface area contributed by atoms with Crippen LogP contribution in [0.4, 0.5) is 0 Å². The Morgan fingerprint density at radius 1 is 1.56 bits per heavy atom. The molecule has 5 nitrogen and oxygen atoms in total. The number of carbonyl (C=O) groups is 1. The topological polar surface area (TPSA) is 75.3 Å². The monoisotopic (exact) mass is 264 g/mol. The predicted octanol–water partition coefficient (Wildman–Crippen LogP) is 2.06. The van der Waals surface area contributed by atoms with Gasteiger partial charge in [-0.05, 0) is 24.3 Å². The minimum absolute atomic E-state index is 0.163. The maximum Gasteiger partial charge on any atom is 0.336 e. The second kappa shape index (κ2) is 4.22. The van der Waals surface area contributed by atoms with E-state index in [9.17, 15) is 9.90 Å². The lowest BCUT2D eigenvalue weighted by Crippen LogP contribution is -2.09. The third kappa shape index (κ3) is 1.83. The highest BCUT2D eigenvalue weighted by molar-refractivity contribution is 7.10. The molecular formula is C12H12N2O3S. The van der Waals surface area contributed by atoms with Crippen LogP contribution in [0.2, 0.25) is 0 Å². The normalized spacial score (nSPS) is 16.7. The second-order valence-electron chi connectivity index (χ2n) is 4.36. The van der Waals surface area contributed by atoms with E-state index >= 15 is 0 Å². The molecule has 18 heavy (non-hydrogen) atoms. The summed E-state index contributed by atoms with van der Waals surface area (Å²) in [5, 5.41) is 21.1. The van der Waals surface area contributed by atoms with E-state index in [1.165, 1.54) is 17.4 Å². The van der Waals surface area contributed by atoms with Crippen molar-refractivity contribution in [1.29, 1.82) is 0 Å². The van der Waals surface area contributed by atoms with Crippen molar-refractivity contribution in [2.45, 2.75) is 25.0 Å². The van der Waals surface area contributed by atoms with Crippen LogP contribution in [0.15, 0.2) is 24.0 Å². The van der Waals surface area contributed by atoms with Gasteiger partial charge in [0.25, 0.3) is 0 Å². The molecule has 1 atom stereocenters. The third-order valence-corrected chi connectivity index (χ3v) is 4.06. The lowest BCUT2D eigenvalue weighted by atomic mass is 10.1. The first-order chi connectivity index (χ1) is 8.68. The number of aromatic nitrogens is 2. The fourth-order valence-electron chi connectivity index (χ4n) is 2.03. The highest BCUT2D eigenvalue weighted by atomic mass is 32.1. The Hall–Kier alpha value is -1.66. The Bertz CT molecular complexity index is 586. The molecule has 0 saturated heterocycles. The van der Waals surface area contributed by atoms with Gasteiger partial charge in [-0.2, -0.15) is 0 Å². The number of hydrogen-bond acceptors (Lipinski definition) is 4. The van der Waals surface area contributed by atoms with Crippen LogP contribution in [0.1, 0.15) is 45.9 Å². The second-order valence-corrected chi connectivity index (χ2v) is 5.31. The number of nitrogens with zero attached hydrogens (tertiary/aromatic N) is 2. The summed E-state index contributed by atoms with van der Waals surface area (Å²) in [4.78, 5) is 15.6. The number of aliphatic hydroxyl groups excluding tert-OH is 1. The average molecular weight is 264 g/mol. The van der Waals surface area contributed by atoms with Crippen LogP contribution in [-0.2, 0) is 0 Å². The molecule has 0 radical (unpaired) electrons. The van der Waals surface area contributed by atoms with Crippen molar-refractivity contribution < 1.29 is 15.0 Å². The minimum Gasteiger partial charge on any atom is -0.478 e. The summed E-state index contributed by atoms with van der Waals surface area (Å²) < 4.78 is 1.94. The van der Waals surface area contributed by atoms with E-state index in [1.807, 2.05) is 4.57 Å². The fourth-order valence-corrected chi connectivity index (χ4v) is 2.91. The molecule has 94 valence electrons. The zero-order valence-corrected chi connectivity index (χ0v) is 10.3. The number of aromatic carboxylic acids is 1. The molecule has 2 aromatic rings. The van der Waals surface area contributed by atoms with E-state index in [2.05, 4.69) is 4.98 Å². The van der Waals surface area contributed by atoms with E-state index < -0.39 is 12.1 Å². The van der Waals surface area contributed by atoms with Gasteiger partial charge in [0.2, 0.25) is 0 Å². The molecule has 3 rings (SSSR count). The van der Waals surface area contributed by atoms with E-state index in [0.717, 1.165) is 12.8 Å². The lowest BCUT2D eigenvalue weighted by molar-refractivity contribution is 0.0692. The number of imidazole rings is 1. The van der Waals surface area contributed by atoms with E-state index in [0.29, 0.717) is 16.6 Å².